The highest BCUT2D eigenvalue weighted by molar-refractivity contribution is 6.03. The lowest BCUT2D eigenvalue weighted by Gasteiger charge is -2.07. The predicted octanol–water partition coefficient (Wildman–Crippen LogP) is 2.49. The van der Waals surface area contributed by atoms with E-state index in [1.54, 1.807) is 60.7 Å². The lowest BCUT2D eigenvalue weighted by molar-refractivity contribution is 0.100. The molecule has 0 saturated heterocycles. The molecule has 1 aromatic heterocycles. The molecule has 0 fully saturated rings. The average molecular weight is 382 g/mol. The molecule has 0 bridgehead atoms. The molecule has 0 unspecified atom stereocenters. The average Bonchev–Trinajstić information content (AvgIpc) is 3.26. The van der Waals surface area contributed by atoms with Crippen LogP contribution in [0, 0.1) is 0 Å². The van der Waals surface area contributed by atoms with Crippen molar-refractivity contribution in [3.8, 4) is 17.4 Å². The van der Waals surface area contributed by atoms with E-state index in [0.29, 0.717) is 32.7 Å². The molecule has 0 aliphatic carbocycles. The SMILES string of the molecule is O=C(N=C1N=c2ccccc2=N1)c1ccc(-n2c(O)c3ccccc3c2O)cc1. The van der Waals surface area contributed by atoms with Crippen molar-refractivity contribution in [1.82, 2.24) is 4.57 Å². The van der Waals surface area contributed by atoms with Crippen molar-refractivity contribution in [3.05, 3.63) is 89.1 Å². The number of fused-ring (bicyclic) bond motifs is 2. The van der Waals surface area contributed by atoms with Crippen LogP contribution >= 0.6 is 0 Å². The third-order valence-corrected chi connectivity index (χ3v) is 4.73. The number of para-hydroxylation sites is 2. The number of guanidine groups is 1. The molecule has 7 heteroatoms. The molecule has 29 heavy (non-hydrogen) atoms. The van der Waals surface area contributed by atoms with E-state index in [4.69, 9.17) is 0 Å². The summed E-state index contributed by atoms with van der Waals surface area (Å²) in [4.78, 5) is 24.9. The van der Waals surface area contributed by atoms with Crippen molar-refractivity contribution in [1.29, 1.82) is 0 Å². The number of rotatable bonds is 2. The fourth-order valence-corrected chi connectivity index (χ4v) is 3.31. The number of carbonyl (C=O) groups excluding carboxylic acids is 1. The smallest absolute Gasteiger partial charge is 0.280 e. The fourth-order valence-electron chi connectivity index (χ4n) is 3.31. The summed E-state index contributed by atoms with van der Waals surface area (Å²) in [6.45, 7) is 0. The lowest BCUT2D eigenvalue weighted by atomic mass is 10.2. The van der Waals surface area contributed by atoms with E-state index >= 15 is 0 Å². The molecule has 1 aliphatic rings. The minimum Gasteiger partial charge on any atom is -0.494 e. The van der Waals surface area contributed by atoms with Gasteiger partial charge in [0.2, 0.25) is 11.8 Å². The molecule has 2 heterocycles. The summed E-state index contributed by atoms with van der Waals surface area (Å²) in [6, 6.07) is 20.7. The first-order chi connectivity index (χ1) is 14.1. The maximum Gasteiger partial charge on any atom is 0.280 e. The largest absolute Gasteiger partial charge is 0.494 e. The Balaban J connectivity index is 1.48. The molecule has 3 aromatic carbocycles. The van der Waals surface area contributed by atoms with E-state index in [0.717, 1.165) is 0 Å². The number of nitrogens with zero attached hydrogens (tertiary/aromatic N) is 4. The Hall–Kier alpha value is -4.26. The molecule has 0 atom stereocenters. The van der Waals surface area contributed by atoms with Crippen molar-refractivity contribution in [3.63, 3.8) is 0 Å². The van der Waals surface area contributed by atoms with Crippen LogP contribution in [0.5, 0.6) is 11.8 Å². The maximum atomic E-state index is 12.5. The van der Waals surface area contributed by atoms with Gasteiger partial charge in [-0.2, -0.15) is 4.99 Å². The molecule has 1 amide bonds. The number of aromatic nitrogens is 1. The zero-order valence-corrected chi connectivity index (χ0v) is 15.0. The van der Waals surface area contributed by atoms with Crippen molar-refractivity contribution in [2.24, 2.45) is 15.0 Å². The van der Waals surface area contributed by atoms with Crippen LogP contribution < -0.4 is 10.7 Å². The Kier molecular flexibility index (Phi) is 3.74. The van der Waals surface area contributed by atoms with Crippen molar-refractivity contribution in [2.75, 3.05) is 0 Å². The Labute approximate surface area is 164 Å². The molecule has 0 spiro atoms. The summed E-state index contributed by atoms with van der Waals surface area (Å²) in [6.07, 6.45) is 0. The Morgan fingerprint density at radius 2 is 1.28 bits per heavy atom. The van der Waals surface area contributed by atoms with Gasteiger partial charge in [0, 0.05) is 16.3 Å². The van der Waals surface area contributed by atoms with Gasteiger partial charge in [-0.1, -0.05) is 24.3 Å². The zero-order chi connectivity index (χ0) is 20.0. The van der Waals surface area contributed by atoms with E-state index in [-0.39, 0.29) is 17.7 Å². The standard InChI is InChI=1S/C22H14N4O3/c27-19(25-22-23-17-7-3-4-8-18(17)24-22)13-9-11-14(12-10-13)26-20(28)15-5-1-2-6-16(15)21(26)29/h1-12,28-29H. The van der Waals surface area contributed by atoms with Crippen LogP contribution in [0.3, 0.4) is 0 Å². The lowest BCUT2D eigenvalue weighted by Crippen LogP contribution is -2.19. The second-order valence-corrected chi connectivity index (χ2v) is 6.50. The third kappa shape index (κ3) is 2.76. The minimum absolute atomic E-state index is 0.0706. The molecule has 4 aromatic rings. The summed E-state index contributed by atoms with van der Waals surface area (Å²) >= 11 is 0. The molecule has 2 N–H and O–H groups in total. The molecule has 0 saturated carbocycles. The van der Waals surface area contributed by atoms with E-state index in [1.165, 1.54) is 4.57 Å². The quantitative estimate of drug-likeness (QED) is 0.557. The van der Waals surface area contributed by atoms with Gasteiger partial charge in [-0.05, 0) is 48.5 Å². The van der Waals surface area contributed by atoms with Gasteiger partial charge in [0.1, 0.15) is 0 Å². The van der Waals surface area contributed by atoms with Gasteiger partial charge in [-0.15, -0.1) is 0 Å². The van der Waals surface area contributed by atoms with E-state index < -0.39 is 5.91 Å². The highest BCUT2D eigenvalue weighted by Crippen LogP contribution is 2.38. The first-order valence-corrected chi connectivity index (χ1v) is 8.89. The normalized spacial score (nSPS) is 12.3. The number of benzene rings is 3. The number of carbonyl (C=O) groups is 1. The molecule has 0 radical (unpaired) electrons. The molecule has 5 rings (SSSR count). The summed E-state index contributed by atoms with van der Waals surface area (Å²) in [5.41, 5.74) is 0.862. The monoisotopic (exact) mass is 382 g/mol. The number of hydrogen-bond acceptors (Lipinski definition) is 3. The highest BCUT2D eigenvalue weighted by atomic mass is 16.3. The van der Waals surface area contributed by atoms with E-state index in [9.17, 15) is 15.0 Å². The van der Waals surface area contributed by atoms with E-state index in [1.807, 2.05) is 12.1 Å². The van der Waals surface area contributed by atoms with Gasteiger partial charge in [-0.25, -0.2) is 9.98 Å². The Morgan fingerprint density at radius 3 is 1.83 bits per heavy atom. The van der Waals surface area contributed by atoms with Gasteiger partial charge in [0.25, 0.3) is 11.9 Å². The van der Waals surface area contributed by atoms with Gasteiger partial charge in [0.15, 0.2) is 0 Å². The predicted molar refractivity (Wildman–Crippen MR) is 107 cm³/mol. The van der Waals surface area contributed by atoms with Gasteiger partial charge < -0.3 is 10.2 Å². The van der Waals surface area contributed by atoms with Crippen molar-refractivity contribution < 1.29 is 15.0 Å². The Morgan fingerprint density at radius 1 is 0.759 bits per heavy atom. The van der Waals surface area contributed by atoms with Gasteiger partial charge in [0.05, 0.1) is 16.4 Å². The Bertz CT molecular complexity index is 1360. The number of hydrogen-bond donors (Lipinski definition) is 2. The highest BCUT2D eigenvalue weighted by Gasteiger charge is 2.17. The van der Waals surface area contributed by atoms with Crippen LogP contribution in [0.25, 0.3) is 16.5 Å². The van der Waals surface area contributed by atoms with Crippen LogP contribution in [-0.4, -0.2) is 26.6 Å². The molecule has 140 valence electrons. The number of amides is 1. The van der Waals surface area contributed by atoms with Crippen LogP contribution in [0.1, 0.15) is 10.4 Å². The van der Waals surface area contributed by atoms with Crippen LogP contribution in [0.15, 0.2) is 87.8 Å². The molecule has 1 aliphatic heterocycles. The first-order valence-electron chi connectivity index (χ1n) is 8.89. The summed E-state index contributed by atoms with van der Waals surface area (Å²) in [5.74, 6) is -0.498. The zero-order valence-electron chi connectivity index (χ0n) is 15.0. The van der Waals surface area contributed by atoms with Crippen LogP contribution in [0.4, 0.5) is 0 Å². The van der Waals surface area contributed by atoms with E-state index in [2.05, 4.69) is 15.0 Å². The topological polar surface area (TPSA) is 99.5 Å². The minimum atomic E-state index is -0.474. The number of aromatic hydroxyl groups is 2. The first kappa shape index (κ1) is 16.9. The van der Waals surface area contributed by atoms with Gasteiger partial charge in [-0.3, -0.25) is 9.36 Å². The van der Waals surface area contributed by atoms with Crippen molar-refractivity contribution in [2.45, 2.75) is 0 Å². The second kappa shape index (κ2) is 6.42. The fraction of sp³-hybridized carbons (Fsp3) is 0. The van der Waals surface area contributed by atoms with Crippen LogP contribution in [-0.2, 0) is 0 Å². The molecular weight excluding hydrogens is 368 g/mol. The third-order valence-electron chi connectivity index (χ3n) is 4.73. The summed E-state index contributed by atoms with van der Waals surface area (Å²) in [7, 11) is 0. The maximum absolute atomic E-state index is 12.5. The summed E-state index contributed by atoms with van der Waals surface area (Å²) in [5, 5.41) is 23.4. The molecular formula is C22H14N4O3. The molecule has 7 nitrogen and oxygen atoms in total. The van der Waals surface area contributed by atoms with Crippen LogP contribution in [0.2, 0.25) is 0 Å². The van der Waals surface area contributed by atoms with Crippen molar-refractivity contribution >= 4 is 22.6 Å². The summed E-state index contributed by atoms with van der Waals surface area (Å²) < 4.78 is 1.32. The number of aliphatic imine (C=N–C) groups is 1. The van der Waals surface area contributed by atoms with Gasteiger partial charge >= 0.3 is 0 Å². The second-order valence-electron chi connectivity index (χ2n) is 6.50.